The van der Waals surface area contributed by atoms with Gasteiger partial charge < -0.3 is 10.5 Å². The fourth-order valence-electron chi connectivity index (χ4n) is 1.77. The first kappa shape index (κ1) is 13.2. The molecule has 98 valence electrons. The Labute approximate surface area is 112 Å². The molecular weight excluding hydrogens is 240 g/mol. The Morgan fingerprint density at radius 1 is 1.21 bits per heavy atom. The molecule has 0 aliphatic heterocycles. The van der Waals surface area contributed by atoms with Crippen LogP contribution in [0.5, 0.6) is 5.75 Å². The van der Waals surface area contributed by atoms with Gasteiger partial charge in [0.2, 0.25) is 0 Å². The van der Waals surface area contributed by atoms with Crippen LogP contribution in [0.15, 0.2) is 42.6 Å². The minimum atomic E-state index is -0.0415. The molecule has 0 amide bonds. The van der Waals surface area contributed by atoms with Gasteiger partial charge in [-0.3, -0.25) is 9.78 Å². The molecule has 0 spiro atoms. The van der Waals surface area contributed by atoms with E-state index in [9.17, 15) is 4.79 Å². The van der Waals surface area contributed by atoms with E-state index in [4.69, 9.17) is 10.5 Å². The van der Waals surface area contributed by atoms with E-state index in [0.29, 0.717) is 30.0 Å². The number of nitrogens with zero attached hydrogens (tertiary/aromatic N) is 1. The number of nitrogens with two attached hydrogens (primary N) is 1. The normalized spacial score (nSPS) is 10.2. The highest BCUT2D eigenvalue weighted by Gasteiger charge is 2.09. The molecule has 2 aromatic rings. The zero-order valence-electron chi connectivity index (χ0n) is 10.8. The molecule has 0 aliphatic rings. The molecule has 0 saturated carbocycles. The lowest BCUT2D eigenvalue weighted by molar-refractivity contribution is 0.103. The molecule has 4 nitrogen and oxygen atoms in total. The first-order chi connectivity index (χ1) is 9.24. The molecule has 2 rings (SSSR count). The Balaban J connectivity index is 2.22. The van der Waals surface area contributed by atoms with E-state index in [2.05, 4.69) is 4.98 Å². The molecule has 4 heteroatoms. The van der Waals surface area contributed by atoms with Gasteiger partial charge in [0.15, 0.2) is 5.78 Å². The maximum Gasteiger partial charge on any atom is 0.193 e. The predicted molar refractivity (Wildman–Crippen MR) is 73.2 cm³/mol. The number of carbonyl (C=O) groups is 1. The van der Waals surface area contributed by atoms with E-state index in [1.54, 1.807) is 42.6 Å². The maximum atomic E-state index is 12.3. The van der Waals surface area contributed by atoms with Crippen LogP contribution >= 0.6 is 0 Å². The van der Waals surface area contributed by atoms with Crippen LogP contribution in [-0.2, 0) is 6.54 Å². The quantitative estimate of drug-likeness (QED) is 0.833. The van der Waals surface area contributed by atoms with Crippen LogP contribution in [0.1, 0.15) is 28.5 Å². The fourth-order valence-corrected chi connectivity index (χ4v) is 1.77. The Kier molecular flexibility index (Phi) is 4.26. The molecule has 19 heavy (non-hydrogen) atoms. The second-order valence-electron chi connectivity index (χ2n) is 4.03. The van der Waals surface area contributed by atoms with Gasteiger partial charge in [-0.25, -0.2) is 0 Å². The van der Waals surface area contributed by atoms with Crippen LogP contribution in [0.4, 0.5) is 0 Å². The van der Waals surface area contributed by atoms with Gasteiger partial charge in [-0.05, 0) is 43.3 Å². The molecule has 1 heterocycles. The maximum absolute atomic E-state index is 12.3. The summed E-state index contributed by atoms with van der Waals surface area (Å²) in [5, 5.41) is 0. The minimum absolute atomic E-state index is 0.0415. The van der Waals surface area contributed by atoms with Crippen molar-refractivity contribution in [1.82, 2.24) is 4.98 Å². The first-order valence-corrected chi connectivity index (χ1v) is 6.17. The average Bonchev–Trinajstić information content (AvgIpc) is 2.48. The lowest BCUT2D eigenvalue weighted by Gasteiger charge is -2.05. The van der Waals surface area contributed by atoms with Crippen molar-refractivity contribution < 1.29 is 9.53 Å². The van der Waals surface area contributed by atoms with Gasteiger partial charge in [-0.15, -0.1) is 0 Å². The monoisotopic (exact) mass is 256 g/mol. The van der Waals surface area contributed by atoms with Crippen LogP contribution in [0, 0.1) is 0 Å². The van der Waals surface area contributed by atoms with E-state index in [1.165, 1.54) is 0 Å². The number of hydrogen-bond donors (Lipinski definition) is 1. The summed E-state index contributed by atoms with van der Waals surface area (Å²) in [6, 6.07) is 10.5. The Morgan fingerprint density at radius 3 is 2.58 bits per heavy atom. The third kappa shape index (κ3) is 3.17. The average molecular weight is 256 g/mol. The molecule has 1 aromatic carbocycles. The zero-order chi connectivity index (χ0) is 13.7. The highest BCUT2D eigenvalue weighted by atomic mass is 16.5. The van der Waals surface area contributed by atoms with E-state index in [1.807, 2.05) is 6.92 Å². The highest BCUT2D eigenvalue weighted by Crippen LogP contribution is 2.15. The molecule has 0 fully saturated rings. The molecule has 1 aromatic heterocycles. The summed E-state index contributed by atoms with van der Waals surface area (Å²) in [5.41, 5.74) is 7.45. The van der Waals surface area contributed by atoms with E-state index in [0.717, 1.165) is 5.75 Å². The number of aromatic nitrogens is 1. The highest BCUT2D eigenvalue weighted by molar-refractivity contribution is 6.09. The second kappa shape index (κ2) is 6.11. The third-order valence-corrected chi connectivity index (χ3v) is 2.72. The van der Waals surface area contributed by atoms with Gasteiger partial charge in [0.1, 0.15) is 5.75 Å². The number of carbonyl (C=O) groups excluding carboxylic acids is 1. The van der Waals surface area contributed by atoms with Crippen LogP contribution in [0.2, 0.25) is 0 Å². The SMILES string of the molecule is CCOc1ccc(C(=O)c2ccnc(CN)c2)cc1. The lowest BCUT2D eigenvalue weighted by Crippen LogP contribution is -2.05. The number of hydrogen-bond acceptors (Lipinski definition) is 4. The number of rotatable bonds is 5. The minimum Gasteiger partial charge on any atom is -0.494 e. The summed E-state index contributed by atoms with van der Waals surface area (Å²) >= 11 is 0. The van der Waals surface area contributed by atoms with Crippen molar-refractivity contribution in [2.24, 2.45) is 5.73 Å². The second-order valence-corrected chi connectivity index (χ2v) is 4.03. The molecule has 0 bridgehead atoms. The predicted octanol–water partition coefficient (Wildman–Crippen LogP) is 2.17. The molecule has 0 unspecified atom stereocenters. The number of pyridine rings is 1. The smallest absolute Gasteiger partial charge is 0.193 e. The largest absolute Gasteiger partial charge is 0.494 e. The van der Waals surface area contributed by atoms with Gasteiger partial charge >= 0.3 is 0 Å². The summed E-state index contributed by atoms with van der Waals surface area (Å²) in [5.74, 6) is 0.719. The number of ether oxygens (including phenoxy) is 1. The van der Waals surface area contributed by atoms with Gasteiger partial charge in [0.25, 0.3) is 0 Å². The Morgan fingerprint density at radius 2 is 1.95 bits per heavy atom. The number of benzene rings is 1. The van der Waals surface area contributed by atoms with Crippen molar-refractivity contribution in [3.8, 4) is 5.75 Å². The summed E-state index contributed by atoms with van der Waals surface area (Å²) < 4.78 is 5.34. The Hall–Kier alpha value is -2.20. The van der Waals surface area contributed by atoms with Crippen molar-refractivity contribution in [1.29, 1.82) is 0 Å². The zero-order valence-corrected chi connectivity index (χ0v) is 10.8. The molecule has 0 atom stereocenters. The summed E-state index contributed by atoms with van der Waals surface area (Å²) in [6.07, 6.45) is 1.60. The first-order valence-electron chi connectivity index (χ1n) is 6.17. The van der Waals surface area contributed by atoms with Gasteiger partial charge in [0.05, 0.1) is 12.3 Å². The van der Waals surface area contributed by atoms with Crippen LogP contribution < -0.4 is 10.5 Å². The molecule has 0 radical (unpaired) electrons. The van der Waals surface area contributed by atoms with Gasteiger partial charge in [-0.1, -0.05) is 0 Å². The van der Waals surface area contributed by atoms with Crippen LogP contribution in [-0.4, -0.2) is 17.4 Å². The molecule has 2 N–H and O–H groups in total. The molecule has 0 aliphatic carbocycles. The Bertz CT molecular complexity index is 565. The van der Waals surface area contributed by atoms with E-state index >= 15 is 0 Å². The van der Waals surface area contributed by atoms with Crippen LogP contribution in [0.3, 0.4) is 0 Å². The summed E-state index contributed by atoms with van der Waals surface area (Å²) in [6.45, 7) is 2.85. The third-order valence-electron chi connectivity index (χ3n) is 2.72. The fraction of sp³-hybridized carbons (Fsp3) is 0.200. The standard InChI is InChI=1S/C15H16N2O2/c1-2-19-14-5-3-11(4-6-14)15(18)12-7-8-17-13(9-12)10-16/h3-9H,2,10,16H2,1H3. The summed E-state index contributed by atoms with van der Waals surface area (Å²) in [7, 11) is 0. The van der Waals surface area contributed by atoms with Crippen LogP contribution in [0.25, 0.3) is 0 Å². The van der Waals surface area contributed by atoms with Crippen molar-refractivity contribution in [3.05, 3.63) is 59.4 Å². The topological polar surface area (TPSA) is 65.2 Å². The van der Waals surface area contributed by atoms with Gasteiger partial charge in [-0.2, -0.15) is 0 Å². The van der Waals surface area contributed by atoms with Crippen molar-refractivity contribution in [2.75, 3.05) is 6.61 Å². The van der Waals surface area contributed by atoms with Crippen molar-refractivity contribution in [3.63, 3.8) is 0 Å². The van der Waals surface area contributed by atoms with E-state index < -0.39 is 0 Å². The molecular formula is C15H16N2O2. The number of ketones is 1. The van der Waals surface area contributed by atoms with E-state index in [-0.39, 0.29) is 5.78 Å². The lowest BCUT2D eigenvalue weighted by atomic mass is 10.0. The van der Waals surface area contributed by atoms with Gasteiger partial charge in [0, 0.05) is 23.9 Å². The van der Waals surface area contributed by atoms with Crippen molar-refractivity contribution in [2.45, 2.75) is 13.5 Å². The van der Waals surface area contributed by atoms with Crippen molar-refractivity contribution >= 4 is 5.78 Å². The molecule has 0 saturated heterocycles. The summed E-state index contributed by atoms with van der Waals surface area (Å²) in [4.78, 5) is 16.3.